The fourth-order valence-corrected chi connectivity index (χ4v) is 5.10. The van der Waals surface area contributed by atoms with E-state index in [-0.39, 0.29) is 6.10 Å². The number of fused-ring (bicyclic) bond motifs is 2. The average molecular weight is 293 g/mol. The Kier molecular flexibility index (Phi) is 3.58. The third kappa shape index (κ3) is 2.25. The van der Waals surface area contributed by atoms with Gasteiger partial charge in [-0.2, -0.15) is 0 Å². The van der Waals surface area contributed by atoms with Crippen molar-refractivity contribution in [3.8, 4) is 0 Å². The zero-order valence-corrected chi connectivity index (χ0v) is 12.7. The van der Waals surface area contributed by atoms with Gasteiger partial charge >= 0.3 is 0 Å². The van der Waals surface area contributed by atoms with Gasteiger partial charge in [0.2, 0.25) is 0 Å². The van der Waals surface area contributed by atoms with Gasteiger partial charge < -0.3 is 20.5 Å². The van der Waals surface area contributed by atoms with Gasteiger partial charge in [-0.1, -0.05) is 12.8 Å². The molecule has 3 N–H and O–H groups in total. The van der Waals surface area contributed by atoms with Crippen LogP contribution in [-0.2, 0) is 9.47 Å². The molecule has 4 aliphatic rings. The second-order valence-corrected chi connectivity index (χ2v) is 7.17. The summed E-state index contributed by atoms with van der Waals surface area (Å²) in [7, 11) is 0. The van der Waals surface area contributed by atoms with Crippen molar-refractivity contribution in [1.29, 1.82) is 0 Å². The Balaban J connectivity index is 1.39. The minimum absolute atomic E-state index is 0.273. The summed E-state index contributed by atoms with van der Waals surface area (Å²) in [5.74, 6) is 1.24. The molecule has 2 aliphatic carbocycles. The maximum atomic E-state index is 6.14. The summed E-state index contributed by atoms with van der Waals surface area (Å²) < 4.78 is 11.6. The van der Waals surface area contributed by atoms with Crippen molar-refractivity contribution >= 4 is 5.96 Å². The first-order valence-corrected chi connectivity index (χ1v) is 8.59. The number of aliphatic imine (C=N–C) groups is 1. The highest BCUT2D eigenvalue weighted by atomic mass is 16.5. The van der Waals surface area contributed by atoms with Crippen LogP contribution in [0.15, 0.2) is 4.99 Å². The Bertz CT molecular complexity index is 414. The van der Waals surface area contributed by atoms with E-state index in [0.29, 0.717) is 36.0 Å². The molecule has 4 fully saturated rings. The largest absolute Gasteiger partial charge is 0.377 e. The number of ether oxygens (including phenoxy) is 2. The molecule has 118 valence electrons. The maximum absolute atomic E-state index is 6.14. The zero-order chi connectivity index (χ0) is 14.3. The van der Waals surface area contributed by atoms with Gasteiger partial charge in [-0.25, -0.2) is 0 Å². The molecule has 2 saturated heterocycles. The van der Waals surface area contributed by atoms with Gasteiger partial charge in [0.05, 0.1) is 18.8 Å². The van der Waals surface area contributed by atoms with E-state index >= 15 is 0 Å². The molecule has 2 heterocycles. The SMILES string of the molecule is NC(=NCC1CCCO1)NC1C2CCOC2C12CCCC2. The quantitative estimate of drug-likeness (QED) is 0.610. The van der Waals surface area contributed by atoms with Crippen LogP contribution in [-0.4, -0.2) is 44.0 Å². The van der Waals surface area contributed by atoms with Crippen molar-refractivity contribution in [2.75, 3.05) is 19.8 Å². The first-order valence-electron chi connectivity index (χ1n) is 8.59. The molecule has 0 amide bonds. The van der Waals surface area contributed by atoms with E-state index in [4.69, 9.17) is 15.2 Å². The van der Waals surface area contributed by atoms with Crippen molar-refractivity contribution in [3.63, 3.8) is 0 Å². The highest BCUT2D eigenvalue weighted by Gasteiger charge is 2.65. The van der Waals surface area contributed by atoms with Crippen molar-refractivity contribution in [2.24, 2.45) is 22.1 Å². The normalized spacial score (nSPS) is 41.2. The van der Waals surface area contributed by atoms with Gasteiger partial charge in [0.1, 0.15) is 0 Å². The monoisotopic (exact) mass is 293 g/mol. The third-order valence-electron chi connectivity index (χ3n) is 6.08. The number of nitrogens with one attached hydrogen (secondary N) is 1. The van der Waals surface area contributed by atoms with E-state index in [1.807, 2.05) is 0 Å². The topological polar surface area (TPSA) is 68.9 Å². The summed E-state index contributed by atoms with van der Waals surface area (Å²) in [5, 5.41) is 3.54. The fraction of sp³-hybridized carbons (Fsp3) is 0.938. The van der Waals surface area contributed by atoms with Gasteiger partial charge in [-0.05, 0) is 32.1 Å². The first kappa shape index (κ1) is 13.8. The molecule has 4 rings (SSSR count). The number of nitrogens with zero attached hydrogens (tertiary/aromatic N) is 1. The summed E-state index contributed by atoms with van der Waals surface area (Å²) in [6.45, 7) is 2.49. The number of nitrogens with two attached hydrogens (primary N) is 1. The summed E-state index contributed by atoms with van der Waals surface area (Å²) in [5.41, 5.74) is 6.48. The Hall–Kier alpha value is -0.810. The van der Waals surface area contributed by atoms with Gasteiger partial charge in [-0.15, -0.1) is 0 Å². The summed E-state index contributed by atoms with van der Waals surface area (Å²) in [4.78, 5) is 4.51. The first-order chi connectivity index (χ1) is 10.3. The zero-order valence-electron chi connectivity index (χ0n) is 12.7. The molecular weight excluding hydrogens is 266 g/mol. The van der Waals surface area contributed by atoms with Crippen LogP contribution in [0.5, 0.6) is 0 Å². The Labute approximate surface area is 126 Å². The van der Waals surface area contributed by atoms with Crippen molar-refractivity contribution < 1.29 is 9.47 Å². The molecule has 0 aromatic rings. The van der Waals surface area contributed by atoms with E-state index in [1.54, 1.807) is 0 Å². The molecule has 1 spiro atoms. The van der Waals surface area contributed by atoms with Crippen LogP contribution >= 0.6 is 0 Å². The molecule has 2 aliphatic heterocycles. The predicted molar refractivity (Wildman–Crippen MR) is 81.1 cm³/mol. The number of hydrogen-bond donors (Lipinski definition) is 2. The molecule has 0 bridgehead atoms. The van der Waals surface area contributed by atoms with Gasteiger partial charge in [0.25, 0.3) is 0 Å². The molecule has 4 unspecified atom stereocenters. The molecule has 5 heteroatoms. The van der Waals surface area contributed by atoms with E-state index < -0.39 is 0 Å². The van der Waals surface area contributed by atoms with Gasteiger partial charge in [0, 0.05) is 30.6 Å². The maximum Gasteiger partial charge on any atom is 0.188 e. The lowest BCUT2D eigenvalue weighted by Crippen LogP contribution is -2.69. The molecular formula is C16H27N3O2. The highest BCUT2D eigenvalue weighted by molar-refractivity contribution is 5.78. The minimum atomic E-state index is 0.273. The lowest BCUT2D eigenvalue weighted by Gasteiger charge is -2.57. The molecule has 5 nitrogen and oxygen atoms in total. The van der Waals surface area contributed by atoms with Crippen LogP contribution in [0.25, 0.3) is 0 Å². The molecule has 21 heavy (non-hydrogen) atoms. The van der Waals surface area contributed by atoms with E-state index in [1.165, 1.54) is 32.1 Å². The molecule has 0 radical (unpaired) electrons. The smallest absolute Gasteiger partial charge is 0.188 e. The van der Waals surface area contributed by atoms with Crippen LogP contribution in [0.2, 0.25) is 0 Å². The number of rotatable bonds is 3. The Morgan fingerprint density at radius 1 is 1.14 bits per heavy atom. The molecule has 0 aromatic heterocycles. The summed E-state index contributed by atoms with van der Waals surface area (Å²) in [6, 6.07) is 0.473. The van der Waals surface area contributed by atoms with Crippen LogP contribution in [0.4, 0.5) is 0 Å². The van der Waals surface area contributed by atoms with Crippen LogP contribution in [0.3, 0.4) is 0 Å². The van der Waals surface area contributed by atoms with Crippen LogP contribution in [0.1, 0.15) is 44.9 Å². The van der Waals surface area contributed by atoms with E-state index in [9.17, 15) is 0 Å². The average Bonchev–Trinajstić information content (AvgIpc) is 3.22. The van der Waals surface area contributed by atoms with Crippen molar-refractivity contribution in [3.05, 3.63) is 0 Å². The predicted octanol–water partition coefficient (Wildman–Crippen LogP) is 1.42. The van der Waals surface area contributed by atoms with Crippen LogP contribution < -0.4 is 11.1 Å². The third-order valence-corrected chi connectivity index (χ3v) is 6.08. The Morgan fingerprint density at radius 3 is 2.76 bits per heavy atom. The van der Waals surface area contributed by atoms with Crippen LogP contribution in [0, 0.1) is 11.3 Å². The standard InChI is InChI=1S/C16H27N3O2/c17-15(18-10-11-4-3-8-20-11)19-13-12-5-9-21-14(12)16(13)6-1-2-7-16/h11-14H,1-10H2,(H3,17,18,19). The Morgan fingerprint density at radius 2 is 2.00 bits per heavy atom. The second kappa shape index (κ2) is 5.43. The number of hydrogen-bond acceptors (Lipinski definition) is 3. The minimum Gasteiger partial charge on any atom is -0.377 e. The molecule has 4 atom stereocenters. The molecule has 0 aromatic carbocycles. The van der Waals surface area contributed by atoms with Gasteiger partial charge in [-0.3, -0.25) is 4.99 Å². The van der Waals surface area contributed by atoms with E-state index in [2.05, 4.69) is 10.3 Å². The van der Waals surface area contributed by atoms with Crippen molar-refractivity contribution in [2.45, 2.75) is 63.2 Å². The lowest BCUT2D eigenvalue weighted by molar-refractivity contribution is -0.124. The van der Waals surface area contributed by atoms with Gasteiger partial charge in [0.15, 0.2) is 5.96 Å². The number of guanidine groups is 1. The summed E-state index contributed by atoms with van der Waals surface area (Å²) in [6.07, 6.45) is 9.41. The lowest BCUT2D eigenvalue weighted by atomic mass is 9.54. The fourth-order valence-electron chi connectivity index (χ4n) is 5.10. The summed E-state index contributed by atoms with van der Waals surface area (Å²) >= 11 is 0. The van der Waals surface area contributed by atoms with Crippen molar-refractivity contribution in [1.82, 2.24) is 5.32 Å². The highest BCUT2D eigenvalue weighted by Crippen LogP contribution is 2.60. The van der Waals surface area contributed by atoms with E-state index in [0.717, 1.165) is 26.1 Å². The molecule has 2 saturated carbocycles. The second-order valence-electron chi connectivity index (χ2n) is 7.17.